The molecule has 0 saturated heterocycles. The van der Waals surface area contributed by atoms with Crippen LogP contribution in [0.1, 0.15) is 44.9 Å². The van der Waals surface area contributed by atoms with Gasteiger partial charge < -0.3 is 5.73 Å². The van der Waals surface area contributed by atoms with Crippen LogP contribution in [0.5, 0.6) is 0 Å². The van der Waals surface area contributed by atoms with Gasteiger partial charge in [-0.3, -0.25) is 9.89 Å². The number of aryl methyl sites for hydroxylation is 1. The van der Waals surface area contributed by atoms with Crippen molar-refractivity contribution in [2.45, 2.75) is 50.6 Å². The Balaban J connectivity index is 1.80. The largest absolute Gasteiger partial charge is 0.401 e. The van der Waals surface area contributed by atoms with Crippen LogP contribution in [-0.4, -0.2) is 26.7 Å². The summed E-state index contributed by atoms with van der Waals surface area (Å²) in [6.45, 7) is 1.55. The van der Waals surface area contributed by atoms with Gasteiger partial charge in [0.25, 0.3) is 0 Å². The molecule has 0 radical (unpaired) electrons. The molecule has 1 aliphatic rings. The second-order valence-corrected chi connectivity index (χ2v) is 6.58. The first-order valence-corrected chi connectivity index (χ1v) is 8.52. The zero-order valence-electron chi connectivity index (χ0n) is 12.8. The number of H-pyrrole nitrogens is 1. The molecule has 0 amide bonds. The van der Waals surface area contributed by atoms with Crippen molar-refractivity contribution in [3.63, 3.8) is 0 Å². The SMILES string of the molecule is C/C(N)=C(/C#N)C(=O)CSc1n[nH]c(CCC2CCCC2)n1. The Morgan fingerprint density at radius 3 is 2.86 bits per heavy atom. The summed E-state index contributed by atoms with van der Waals surface area (Å²) in [5.41, 5.74) is 5.78. The van der Waals surface area contributed by atoms with Crippen LogP contribution in [0.15, 0.2) is 16.4 Å². The monoisotopic (exact) mass is 319 g/mol. The van der Waals surface area contributed by atoms with Crippen LogP contribution < -0.4 is 5.73 Å². The summed E-state index contributed by atoms with van der Waals surface area (Å²) in [6.07, 6.45) is 7.39. The third-order valence-corrected chi connectivity index (χ3v) is 4.74. The number of hydrogen-bond acceptors (Lipinski definition) is 6. The molecule has 0 aliphatic heterocycles. The van der Waals surface area contributed by atoms with E-state index < -0.39 is 0 Å². The van der Waals surface area contributed by atoms with Crippen LogP contribution in [0.25, 0.3) is 0 Å². The fourth-order valence-electron chi connectivity index (χ4n) is 2.67. The third-order valence-electron chi connectivity index (χ3n) is 3.89. The number of nitrogens with zero attached hydrogens (tertiary/aromatic N) is 3. The average molecular weight is 319 g/mol. The van der Waals surface area contributed by atoms with Crippen LogP contribution in [0.4, 0.5) is 0 Å². The number of nitrogens with two attached hydrogens (primary N) is 1. The molecule has 0 bridgehead atoms. The normalized spacial score (nSPS) is 16.4. The van der Waals surface area contributed by atoms with Crippen molar-refractivity contribution >= 4 is 17.5 Å². The Morgan fingerprint density at radius 2 is 2.23 bits per heavy atom. The van der Waals surface area contributed by atoms with Crippen molar-refractivity contribution < 1.29 is 4.79 Å². The van der Waals surface area contributed by atoms with Gasteiger partial charge in [-0.2, -0.15) is 5.26 Å². The predicted octanol–water partition coefficient (Wildman–Crippen LogP) is 2.34. The van der Waals surface area contributed by atoms with E-state index in [4.69, 9.17) is 11.0 Å². The standard InChI is InChI=1S/C15H21N5OS/c1-10(17)12(8-16)13(21)9-22-15-18-14(19-20-15)7-6-11-4-2-3-5-11/h11H,2-7,9,17H2,1H3,(H,18,19,20)/b12-10+. The third kappa shape index (κ3) is 4.60. The van der Waals surface area contributed by atoms with E-state index in [1.165, 1.54) is 37.4 Å². The fraction of sp³-hybridized carbons (Fsp3) is 0.600. The van der Waals surface area contributed by atoms with Gasteiger partial charge in [-0.25, -0.2) is 4.98 Å². The number of carbonyl (C=O) groups is 1. The number of hydrogen-bond donors (Lipinski definition) is 2. The summed E-state index contributed by atoms with van der Waals surface area (Å²) in [6, 6.07) is 1.84. The molecule has 1 saturated carbocycles. The highest BCUT2D eigenvalue weighted by Crippen LogP contribution is 2.28. The number of aromatic amines is 1. The van der Waals surface area contributed by atoms with Gasteiger partial charge in [-0.05, 0) is 19.3 Å². The molecule has 0 unspecified atom stereocenters. The number of ketones is 1. The van der Waals surface area contributed by atoms with Crippen molar-refractivity contribution in [1.29, 1.82) is 5.26 Å². The number of aromatic nitrogens is 3. The average Bonchev–Trinajstić information content (AvgIpc) is 3.15. The van der Waals surface area contributed by atoms with E-state index in [2.05, 4.69) is 15.2 Å². The summed E-state index contributed by atoms with van der Waals surface area (Å²) in [7, 11) is 0. The zero-order valence-corrected chi connectivity index (χ0v) is 13.6. The molecule has 118 valence electrons. The number of thioether (sulfide) groups is 1. The Kier molecular flexibility index (Phi) is 6.01. The molecular formula is C15H21N5OS. The highest BCUT2D eigenvalue weighted by Gasteiger charge is 2.16. The molecule has 0 spiro atoms. The highest BCUT2D eigenvalue weighted by atomic mass is 32.2. The summed E-state index contributed by atoms with van der Waals surface area (Å²) >= 11 is 1.22. The lowest BCUT2D eigenvalue weighted by atomic mass is 10.0. The molecule has 3 N–H and O–H groups in total. The van der Waals surface area contributed by atoms with Gasteiger partial charge in [0.15, 0.2) is 5.78 Å². The fourth-order valence-corrected chi connectivity index (χ4v) is 3.36. The molecule has 1 aromatic heterocycles. The first-order chi connectivity index (χ1) is 10.6. The van der Waals surface area contributed by atoms with Gasteiger partial charge in [0.1, 0.15) is 17.5 Å². The second kappa shape index (κ2) is 7.99. The molecule has 22 heavy (non-hydrogen) atoms. The molecule has 0 aromatic carbocycles. The Hall–Kier alpha value is -1.81. The minimum Gasteiger partial charge on any atom is -0.401 e. The topological polar surface area (TPSA) is 108 Å². The highest BCUT2D eigenvalue weighted by molar-refractivity contribution is 7.99. The van der Waals surface area contributed by atoms with E-state index in [9.17, 15) is 4.79 Å². The Labute approximate surface area is 134 Å². The minimum atomic E-state index is -0.287. The Bertz CT molecular complexity index is 591. The van der Waals surface area contributed by atoms with Crippen LogP contribution in [-0.2, 0) is 11.2 Å². The molecule has 1 heterocycles. The molecule has 2 rings (SSSR count). The van der Waals surface area contributed by atoms with Crippen LogP contribution in [0, 0.1) is 17.2 Å². The second-order valence-electron chi connectivity index (χ2n) is 5.64. The van der Waals surface area contributed by atoms with Crippen molar-refractivity contribution in [2.24, 2.45) is 11.7 Å². The van der Waals surface area contributed by atoms with Gasteiger partial charge in [0.2, 0.25) is 5.16 Å². The van der Waals surface area contributed by atoms with Gasteiger partial charge in [-0.1, -0.05) is 37.4 Å². The summed E-state index contributed by atoms with van der Waals surface area (Å²) in [5.74, 6) is 1.52. The van der Waals surface area contributed by atoms with Gasteiger partial charge in [-0.15, -0.1) is 5.10 Å². The molecular weight excluding hydrogens is 298 g/mol. The van der Waals surface area contributed by atoms with E-state index in [-0.39, 0.29) is 22.8 Å². The molecule has 1 aliphatic carbocycles. The minimum absolute atomic E-state index is 0.0180. The quantitative estimate of drug-likeness (QED) is 0.453. The van der Waals surface area contributed by atoms with Crippen LogP contribution >= 0.6 is 11.8 Å². The van der Waals surface area contributed by atoms with E-state index >= 15 is 0 Å². The maximum Gasteiger partial charge on any atom is 0.208 e. The number of nitriles is 1. The van der Waals surface area contributed by atoms with Crippen molar-refractivity contribution in [2.75, 3.05) is 5.75 Å². The van der Waals surface area contributed by atoms with Gasteiger partial charge in [0, 0.05) is 12.1 Å². The van der Waals surface area contributed by atoms with E-state index in [1.54, 1.807) is 6.92 Å². The van der Waals surface area contributed by atoms with Crippen molar-refractivity contribution in [3.8, 4) is 6.07 Å². The number of allylic oxidation sites excluding steroid dienone is 2. The molecule has 7 heteroatoms. The van der Waals surface area contributed by atoms with E-state index in [0.717, 1.165) is 24.6 Å². The number of nitrogens with one attached hydrogen (secondary N) is 1. The summed E-state index contributed by atoms with van der Waals surface area (Å²) in [5, 5.41) is 16.5. The first kappa shape index (κ1) is 16.6. The first-order valence-electron chi connectivity index (χ1n) is 7.54. The lowest BCUT2D eigenvalue weighted by Crippen LogP contribution is -2.10. The lowest BCUT2D eigenvalue weighted by Gasteiger charge is -2.05. The van der Waals surface area contributed by atoms with Gasteiger partial charge in [0.05, 0.1) is 5.75 Å². The number of carbonyl (C=O) groups excluding carboxylic acids is 1. The summed E-state index contributed by atoms with van der Waals surface area (Å²) in [4.78, 5) is 16.2. The zero-order chi connectivity index (χ0) is 15.9. The molecule has 1 fully saturated rings. The van der Waals surface area contributed by atoms with Crippen LogP contribution in [0.3, 0.4) is 0 Å². The smallest absolute Gasteiger partial charge is 0.208 e. The Morgan fingerprint density at radius 1 is 1.50 bits per heavy atom. The van der Waals surface area contributed by atoms with Crippen molar-refractivity contribution in [3.05, 3.63) is 17.1 Å². The van der Waals surface area contributed by atoms with E-state index in [1.807, 2.05) is 6.07 Å². The number of Topliss-reactive ketones (excluding diaryl/α,β-unsaturated/α-hetero) is 1. The molecule has 1 aromatic rings. The number of rotatable bonds is 7. The lowest BCUT2D eigenvalue weighted by molar-refractivity contribution is -0.112. The van der Waals surface area contributed by atoms with Crippen molar-refractivity contribution in [1.82, 2.24) is 15.2 Å². The van der Waals surface area contributed by atoms with E-state index in [0.29, 0.717) is 5.16 Å². The van der Waals surface area contributed by atoms with Crippen LogP contribution in [0.2, 0.25) is 0 Å². The predicted molar refractivity (Wildman–Crippen MR) is 84.9 cm³/mol. The molecule has 6 nitrogen and oxygen atoms in total. The molecule has 0 atom stereocenters. The maximum atomic E-state index is 11.8. The maximum absolute atomic E-state index is 11.8. The van der Waals surface area contributed by atoms with Gasteiger partial charge >= 0.3 is 0 Å². The summed E-state index contributed by atoms with van der Waals surface area (Å²) < 4.78 is 0.